The van der Waals surface area contributed by atoms with Gasteiger partial charge in [-0.25, -0.2) is 18.0 Å². The molecule has 7 nitrogen and oxygen atoms in total. The van der Waals surface area contributed by atoms with Crippen LogP contribution in [0.4, 0.5) is 5.69 Å². The van der Waals surface area contributed by atoms with Crippen molar-refractivity contribution in [3.63, 3.8) is 0 Å². The summed E-state index contributed by atoms with van der Waals surface area (Å²) in [5.74, 6) is -2.43. The number of nitrogens with one attached hydrogen (secondary N) is 1. The Morgan fingerprint density at radius 1 is 1.29 bits per heavy atom. The molecule has 1 aliphatic rings. The van der Waals surface area contributed by atoms with Gasteiger partial charge >= 0.3 is 11.9 Å². The molecular weight excluding hydrogens is 334 g/mol. The third-order valence-corrected chi connectivity index (χ3v) is 5.36. The van der Waals surface area contributed by atoms with Crippen LogP contribution in [0.2, 0.25) is 0 Å². The molecule has 1 fully saturated rings. The van der Waals surface area contributed by atoms with Gasteiger partial charge in [-0.15, -0.1) is 0 Å². The molecule has 2 rings (SSSR count). The molecule has 1 aliphatic heterocycles. The number of rotatable bonds is 4. The average Bonchev–Trinajstić information content (AvgIpc) is 2.74. The van der Waals surface area contributed by atoms with Crippen LogP contribution < -0.4 is 5.32 Å². The van der Waals surface area contributed by atoms with Crippen molar-refractivity contribution < 1.29 is 27.9 Å². The Morgan fingerprint density at radius 2 is 1.96 bits per heavy atom. The molecule has 1 atom stereocenters. The van der Waals surface area contributed by atoms with Crippen LogP contribution in [0.25, 0.3) is 0 Å². The minimum absolute atomic E-state index is 0.0265. The van der Waals surface area contributed by atoms with E-state index >= 15 is 0 Å². The molecule has 0 aromatic heterocycles. The molecule has 0 spiro atoms. The van der Waals surface area contributed by atoms with Crippen LogP contribution in [0.1, 0.15) is 37.6 Å². The van der Waals surface area contributed by atoms with E-state index in [9.17, 15) is 23.1 Å². The van der Waals surface area contributed by atoms with Gasteiger partial charge in [0.25, 0.3) is 0 Å². The lowest BCUT2D eigenvalue weighted by Crippen LogP contribution is -2.47. The summed E-state index contributed by atoms with van der Waals surface area (Å²) in [7, 11) is -3.40. The summed E-state index contributed by atoms with van der Waals surface area (Å²) in [6.07, 6.45) is -0.0265. The Bertz CT molecular complexity index is 765. The molecule has 1 heterocycles. The molecule has 2 N–H and O–H groups in total. The van der Waals surface area contributed by atoms with Crippen molar-refractivity contribution in [2.24, 2.45) is 0 Å². The van der Waals surface area contributed by atoms with Gasteiger partial charge < -0.3 is 15.2 Å². The number of ether oxygens (including phenoxy) is 1. The molecule has 1 aromatic rings. The zero-order valence-corrected chi connectivity index (χ0v) is 14.6. The van der Waals surface area contributed by atoms with Crippen LogP contribution >= 0.6 is 0 Å². The summed E-state index contributed by atoms with van der Waals surface area (Å²) >= 11 is 0. The lowest BCUT2D eigenvalue weighted by molar-refractivity contribution is -0.141. The van der Waals surface area contributed by atoms with Gasteiger partial charge in [-0.1, -0.05) is 6.07 Å². The maximum absolute atomic E-state index is 12.1. The zero-order chi connectivity index (χ0) is 18.2. The van der Waals surface area contributed by atoms with E-state index in [1.807, 2.05) is 0 Å². The van der Waals surface area contributed by atoms with Gasteiger partial charge in [-0.3, -0.25) is 0 Å². The fourth-order valence-electron chi connectivity index (χ4n) is 2.51. The zero-order valence-electron chi connectivity index (χ0n) is 13.8. The van der Waals surface area contributed by atoms with Crippen molar-refractivity contribution >= 4 is 27.5 Å². The molecule has 1 aromatic carbocycles. The normalized spacial score (nSPS) is 22.8. The Balaban J connectivity index is 2.26. The van der Waals surface area contributed by atoms with Crippen molar-refractivity contribution in [2.45, 2.75) is 38.3 Å². The number of carboxylic acids is 1. The third-order valence-electron chi connectivity index (χ3n) is 3.60. The second-order valence-electron chi connectivity index (χ2n) is 6.94. The first kappa shape index (κ1) is 18.3. The van der Waals surface area contributed by atoms with Crippen molar-refractivity contribution in [3.05, 3.63) is 29.8 Å². The van der Waals surface area contributed by atoms with E-state index in [-0.39, 0.29) is 17.7 Å². The quantitative estimate of drug-likeness (QED) is 0.791. The molecule has 0 radical (unpaired) electrons. The van der Waals surface area contributed by atoms with Gasteiger partial charge in [-0.05, 0) is 45.4 Å². The molecular formula is C16H21NO6S. The Kier molecular flexibility index (Phi) is 4.63. The monoisotopic (exact) mass is 355 g/mol. The number of aliphatic carboxylic acids is 1. The fourth-order valence-corrected chi connectivity index (χ4v) is 4.40. The third kappa shape index (κ3) is 4.25. The molecule has 0 amide bonds. The molecule has 24 heavy (non-hydrogen) atoms. The Labute approximate surface area is 140 Å². The van der Waals surface area contributed by atoms with E-state index in [1.54, 1.807) is 39.0 Å². The topological polar surface area (TPSA) is 110 Å². The number of anilines is 1. The first-order valence-corrected chi connectivity index (χ1v) is 9.30. The maximum atomic E-state index is 12.1. The van der Waals surface area contributed by atoms with Crippen LogP contribution in [0.15, 0.2) is 24.3 Å². The van der Waals surface area contributed by atoms with E-state index in [0.717, 1.165) is 0 Å². The summed E-state index contributed by atoms with van der Waals surface area (Å²) in [6.45, 7) is 5.24. The highest BCUT2D eigenvalue weighted by molar-refractivity contribution is 7.91. The van der Waals surface area contributed by atoms with Gasteiger partial charge in [0.15, 0.2) is 15.4 Å². The van der Waals surface area contributed by atoms with Crippen molar-refractivity contribution in [2.75, 3.05) is 16.8 Å². The maximum Gasteiger partial charge on any atom is 0.338 e. The Hall–Kier alpha value is -2.09. The molecule has 0 aliphatic carbocycles. The van der Waals surface area contributed by atoms with Crippen molar-refractivity contribution in [1.29, 1.82) is 0 Å². The number of esters is 1. The minimum Gasteiger partial charge on any atom is -0.479 e. The summed E-state index contributed by atoms with van der Waals surface area (Å²) in [6, 6.07) is 6.19. The number of carbonyl (C=O) groups is 2. The average molecular weight is 355 g/mol. The number of hydrogen-bond donors (Lipinski definition) is 2. The van der Waals surface area contributed by atoms with Crippen LogP contribution in [0.5, 0.6) is 0 Å². The summed E-state index contributed by atoms with van der Waals surface area (Å²) < 4.78 is 28.7. The van der Waals surface area contributed by atoms with Crippen LogP contribution in [-0.2, 0) is 19.4 Å². The van der Waals surface area contributed by atoms with Gasteiger partial charge in [0.05, 0.1) is 17.1 Å². The van der Waals surface area contributed by atoms with E-state index in [1.165, 1.54) is 6.07 Å². The highest BCUT2D eigenvalue weighted by atomic mass is 32.2. The van der Waals surface area contributed by atoms with Gasteiger partial charge in [0, 0.05) is 5.69 Å². The summed E-state index contributed by atoms with van der Waals surface area (Å²) in [5.41, 5.74) is -1.61. The smallest absolute Gasteiger partial charge is 0.338 e. The SMILES string of the molecule is CC(C)(C)OC(=O)c1cccc(NC2(C(=O)O)CCS(=O)(=O)C2)c1. The highest BCUT2D eigenvalue weighted by Gasteiger charge is 2.48. The first-order valence-electron chi connectivity index (χ1n) is 7.48. The number of hydrogen-bond acceptors (Lipinski definition) is 6. The van der Waals surface area contributed by atoms with Gasteiger partial charge in [0.2, 0.25) is 0 Å². The van der Waals surface area contributed by atoms with Crippen LogP contribution in [0, 0.1) is 0 Å². The largest absolute Gasteiger partial charge is 0.479 e. The predicted octanol–water partition coefficient (Wildman–Crippen LogP) is 1.70. The number of benzene rings is 1. The first-order chi connectivity index (χ1) is 10.9. The lowest BCUT2D eigenvalue weighted by atomic mass is 9.98. The molecule has 1 unspecified atom stereocenters. The summed E-state index contributed by atoms with van der Waals surface area (Å²) in [4.78, 5) is 23.7. The van der Waals surface area contributed by atoms with E-state index in [0.29, 0.717) is 5.69 Å². The van der Waals surface area contributed by atoms with Gasteiger partial charge in [-0.2, -0.15) is 0 Å². The fraction of sp³-hybridized carbons (Fsp3) is 0.500. The lowest BCUT2D eigenvalue weighted by Gasteiger charge is -2.25. The van der Waals surface area contributed by atoms with E-state index in [2.05, 4.69) is 5.32 Å². The molecule has 1 saturated heterocycles. The number of carboxylic acid groups (broad SMARTS) is 1. The molecule has 8 heteroatoms. The second kappa shape index (κ2) is 6.08. The van der Waals surface area contributed by atoms with Crippen molar-refractivity contribution in [3.8, 4) is 0 Å². The minimum atomic E-state index is -3.40. The standard InChI is InChI=1S/C16H21NO6S/c1-15(2,3)23-13(18)11-5-4-6-12(9-11)17-16(14(19)20)7-8-24(21,22)10-16/h4-6,9,17H,7-8,10H2,1-3H3,(H,19,20). The highest BCUT2D eigenvalue weighted by Crippen LogP contribution is 2.29. The summed E-state index contributed by atoms with van der Waals surface area (Å²) in [5, 5.41) is 12.3. The van der Waals surface area contributed by atoms with Crippen LogP contribution in [-0.4, -0.2) is 48.1 Å². The van der Waals surface area contributed by atoms with Crippen molar-refractivity contribution in [1.82, 2.24) is 0 Å². The van der Waals surface area contributed by atoms with E-state index < -0.39 is 38.7 Å². The van der Waals surface area contributed by atoms with Crippen LogP contribution in [0.3, 0.4) is 0 Å². The predicted molar refractivity (Wildman–Crippen MR) is 88.9 cm³/mol. The molecule has 132 valence electrons. The number of carbonyl (C=O) groups excluding carboxylic acids is 1. The van der Waals surface area contributed by atoms with E-state index in [4.69, 9.17) is 4.74 Å². The van der Waals surface area contributed by atoms with Gasteiger partial charge in [0.1, 0.15) is 5.60 Å². The molecule has 0 bridgehead atoms. The number of sulfone groups is 1. The Morgan fingerprint density at radius 3 is 2.46 bits per heavy atom. The second-order valence-corrected chi connectivity index (χ2v) is 9.12. The molecule has 0 saturated carbocycles.